The molecular formula is C19H21F3N4O5S. The predicted molar refractivity (Wildman–Crippen MR) is 109 cm³/mol. The molecule has 4 rings (SSSR count). The number of rotatable bonds is 3. The van der Waals surface area contributed by atoms with E-state index in [9.17, 15) is 18.0 Å². The van der Waals surface area contributed by atoms with E-state index < -0.39 is 12.1 Å². The minimum absolute atomic E-state index is 0.0228. The summed E-state index contributed by atoms with van der Waals surface area (Å²) < 4.78 is 43.1. The van der Waals surface area contributed by atoms with Crippen molar-refractivity contribution in [3.05, 3.63) is 18.2 Å². The van der Waals surface area contributed by atoms with E-state index in [1.165, 1.54) is 0 Å². The highest BCUT2D eigenvalue weighted by Crippen LogP contribution is 2.37. The maximum atomic E-state index is 11.3. The molecule has 0 spiro atoms. The van der Waals surface area contributed by atoms with Crippen molar-refractivity contribution in [2.45, 2.75) is 25.4 Å². The van der Waals surface area contributed by atoms with Crippen molar-refractivity contribution in [3.63, 3.8) is 0 Å². The van der Waals surface area contributed by atoms with Crippen molar-refractivity contribution in [1.29, 1.82) is 0 Å². The Morgan fingerprint density at radius 1 is 1.12 bits per heavy atom. The van der Waals surface area contributed by atoms with Gasteiger partial charge in [-0.15, -0.1) is 10.2 Å². The molecule has 32 heavy (non-hydrogen) atoms. The van der Waals surface area contributed by atoms with E-state index in [0.717, 1.165) is 59.6 Å². The number of carbonyl (C=O) groups is 2. The fourth-order valence-electron chi connectivity index (χ4n) is 3.11. The van der Waals surface area contributed by atoms with Crippen LogP contribution in [-0.4, -0.2) is 59.7 Å². The summed E-state index contributed by atoms with van der Waals surface area (Å²) in [6.45, 7) is 2.90. The first-order valence-corrected chi connectivity index (χ1v) is 10.5. The van der Waals surface area contributed by atoms with E-state index in [0.29, 0.717) is 13.2 Å². The molecule has 13 heteroatoms. The number of hydrogen-bond donors (Lipinski definition) is 2. The average molecular weight is 474 g/mol. The summed E-state index contributed by atoms with van der Waals surface area (Å²) in [5, 5.41) is 17.5. The second-order valence-corrected chi connectivity index (χ2v) is 8.02. The summed E-state index contributed by atoms with van der Waals surface area (Å²) in [6.07, 6.45) is -2.66. The third-order valence-electron chi connectivity index (χ3n) is 4.82. The van der Waals surface area contributed by atoms with Crippen LogP contribution in [0, 0.1) is 5.92 Å². The summed E-state index contributed by atoms with van der Waals surface area (Å²) in [7, 11) is 0. The summed E-state index contributed by atoms with van der Waals surface area (Å²) in [4.78, 5) is 22.4. The molecule has 1 aromatic heterocycles. The largest absolute Gasteiger partial charge is 0.490 e. The van der Waals surface area contributed by atoms with Crippen LogP contribution in [0.15, 0.2) is 18.2 Å². The third-order valence-corrected chi connectivity index (χ3v) is 5.85. The standard InChI is InChI=1S/C17H20N4O3S.C2HF3O2/c18-15(22)11-4-6-21(7-5-11)17-20-19-16(25-17)12-2-3-13-14(10-12)24-9-1-8-23-13;3-2(4,5)1(6)7/h2-3,10-11H,1,4-9H2,(H2,18,22);(H,6,7). The summed E-state index contributed by atoms with van der Waals surface area (Å²) in [5.41, 5.74) is 6.37. The molecule has 1 saturated heterocycles. The molecule has 1 amide bonds. The number of aliphatic carboxylic acids is 1. The third kappa shape index (κ3) is 5.99. The fourth-order valence-corrected chi connectivity index (χ4v) is 4.00. The zero-order chi connectivity index (χ0) is 23.3. The molecule has 9 nitrogen and oxygen atoms in total. The molecule has 2 aromatic rings. The lowest BCUT2D eigenvalue weighted by molar-refractivity contribution is -0.192. The van der Waals surface area contributed by atoms with Gasteiger partial charge in [0.2, 0.25) is 11.0 Å². The van der Waals surface area contributed by atoms with Crippen molar-refractivity contribution in [1.82, 2.24) is 10.2 Å². The highest BCUT2D eigenvalue weighted by atomic mass is 32.1. The van der Waals surface area contributed by atoms with Crippen LogP contribution in [0.1, 0.15) is 19.3 Å². The molecule has 0 aliphatic carbocycles. The monoisotopic (exact) mass is 474 g/mol. The topological polar surface area (TPSA) is 128 Å². The average Bonchev–Trinajstić information content (AvgIpc) is 3.12. The first-order valence-electron chi connectivity index (χ1n) is 9.73. The maximum Gasteiger partial charge on any atom is 0.490 e. The minimum Gasteiger partial charge on any atom is -0.490 e. The number of carbonyl (C=O) groups excluding carboxylic acids is 1. The number of fused-ring (bicyclic) bond motifs is 1. The Balaban J connectivity index is 0.000000360. The van der Waals surface area contributed by atoms with E-state index in [1.54, 1.807) is 11.3 Å². The molecule has 0 saturated carbocycles. The number of piperidine rings is 1. The SMILES string of the molecule is NC(=O)C1CCN(c2nnc(-c3ccc4c(c3)OCCCO4)s2)CC1.O=C(O)C(F)(F)F. The molecule has 3 N–H and O–H groups in total. The second-order valence-electron chi connectivity index (χ2n) is 7.07. The summed E-state index contributed by atoms with van der Waals surface area (Å²) >= 11 is 1.55. The van der Waals surface area contributed by atoms with Gasteiger partial charge in [-0.25, -0.2) is 4.79 Å². The van der Waals surface area contributed by atoms with Gasteiger partial charge in [0.25, 0.3) is 0 Å². The Hall–Kier alpha value is -3.09. The van der Waals surface area contributed by atoms with Crippen LogP contribution in [0.5, 0.6) is 11.5 Å². The van der Waals surface area contributed by atoms with Crippen molar-refractivity contribution in [2.24, 2.45) is 11.7 Å². The lowest BCUT2D eigenvalue weighted by Crippen LogP contribution is -2.38. The van der Waals surface area contributed by atoms with E-state index in [-0.39, 0.29) is 11.8 Å². The first kappa shape index (κ1) is 23.6. The Bertz CT molecular complexity index is 961. The number of halogens is 3. The van der Waals surface area contributed by atoms with Gasteiger partial charge in [0.15, 0.2) is 11.5 Å². The molecule has 1 aromatic carbocycles. The van der Waals surface area contributed by atoms with Crippen molar-refractivity contribution in [3.8, 4) is 22.1 Å². The second kappa shape index (κ2) is 10.0. The van der Waals surface area contributed by atoms with Gasteiger partial charge in [0.05, 0.1) is 13.2 Å². The van der Waals surface area contributed by atoms with E-state index in [4.69, 9.17) is 25.1 Å². The smallest absolute Gasteiger partial charge is 0.490 e. The number of nitrogens with zero attached hydrogens (tertiary/aromatic N) is 3. The Morgan fingerprint density at radius 2 is 1.75 bits per heavy atom. The lowest BCUT2D eigenvalue weighted by Gasteiger charge is -2.29. The number of nitrogens with two attached hydrogens (primary N) is 1. The number of hydrogen-bond acceptors (Lipinski definition) is 8. The lowest BCUT2D eigenvalue weighted by atomic mass is 9.97. The van der Waals surface area contributed by atoms with E-state index in [1.807, 2.05) is 18.2 Å². The van der Waals surface area contributed by atoms with Crippen molar-refractivity contribution < 1.29 is 37.3 Å². The first-order chi connectivity index (χ1) is 15.1. The number of primary amides is 1. The number of aromatic nitrogens is 2. The van der Waals surface area contributed by atoms with Gasteiger partial charge in [-0.2, -0.15) is 13.2 Å². The van der Waals surface area contributed by atoms with Crippen LogP contribution >= 0.6 is 11.3 Å². The van der Waals surface area contributed by atoms with E-state index in [2.05, 4.69) is 15.1 Å². The number of alkyl halides is 3. The van der Waals surface area contributed by atoms with Gasteiger partial charge < -0.3 is 25.2 Å². The van der Waals surface area contributed by atoms with E-state index >= 15 is 0 Å². The number of benzene rings is 1. The molecule has 174 valence electrons. The molecule has 0 radical (unpaired) electrons. The fraction of sp³-hybridized carbons (Fsp3) is 0.474. The molecule has 0 unspecified atom stereocenters. The van der Waals surface area contributed by atoms with Gasteiger partial charge in [0.1, 0.15) is 5.01 Å². The van der Waals surface area contributed by atoms with Crippen LogP contribution in [0.4, 0.5) is 18.3 Å². The normalized spacial score (nSPS) is 16.5. The number of carboxylic acid groups (broad SMARTS) is 1. The van der Waals surface area contributed by atoms with Gasteiger partial charge in [-0.3, -0.25) is 4.79 Å². The van der Waals surface area contributed by atoms with Gasteiger partial charge >= 0.3 is 12.1 Å². The highest BCUT2D eigenvalue weighted by Gasteiger charge is 2.38. The summed E-state index contributed by atoms with van der Waals surface area (Å²) in [6, 6.07) is 5.87. The molecule has 2 aliphatic rings. The van der Waals surface area contributed by atoms with Crippen LogP contribution in [0.3, 0.4) is 0 Å². The molecule has 2 aliphatic heterocycles. The Morgan fingerprint density at radius 3 is 2.34 bits per heavy atom. The molecule has 0 bridgehead atoms. The van der Waals surface area contributed by atoms with Crippen LogP contribution in [0.25, 0.3) is 10.6 Å². The summed E-state index contributed by atoms with van der Waals surface area (Å²) in [5.74, 6) is -1.45. The maximum absolute atomic E-state index is 11.3. The zero-order valence-corrected chi connectivity index (χ0v) is 17.6. The number of amides is 1. The quantitative estimate of drug-likeness (QED) is 0.695. The van der Waals surface area contributed by atoms with Crippen LogP contribution < -0.4 is 20.1 Å². The molecule has 1 fully saturated rings. The van der Waals surface area contributed by atoms with Crippen molar-refractivity contribution >= 4 is 28.3 Å². The van der Waals surface area contributed by atoms with Gasteiger partial charge in [-0.05, 0) is 31.0 Å². The van der Waals surface area contributed by atoms with Crippen LogP contribution in [0.2, 0.25) is 0 Å². The predicted octanol–water partition coefficient (Wildman–Crippen LogP) is 2.70. The number of anilines is 1. The van der Waals surface area contributed by atoms with Crippen molar-refractivity contribution in [2.75, 3.05) is 31.2 Å². The Kier molecular flexibility index (Phi) is 7.38. The highest BCUT2D eigenvalue weighted by molar-refractivity contribution is 7.18. The van der Waals surface area contributed by atoms with Gasteiger partial charge in [0, 0.05) is 31.0 Å². The zero-order valence-electron chi connectivity index (χ0n) is 16.8. The Labute approximate surface area is 184 Å². The molecule has 0 atom stereocenters. The minimum atomic E-state index is -5.08. The van der Waals surface area contributed by atoms with Crippen LogP contribution in [-0.2, 0) is 9.59 Å². The molecule has 3 heterocycles. The number of carboxylic acids is 1. The number of ether oxygens (including phenoxy) is 2. The van der Waals surface area contributed by atoms with Gasteiger partial charge in [-0.1, -0.05) is 11.3 Å². The molecular weight excluding hydrogens is 453 g/mol.